The molecule has 0 bridgehead atoms. The fourth-order valence-corrected chi connectivity index (χ4v) is 2.39. The number of hydrogen-bond acceptors (Lipinski definition) is 4. The van der Waals surface area contributed by atoms with Crippen LogP contribution >= 0.6 is 0 Å². The second-order valence-corrected chi connectivity index (χ2v) is 5.13. The van der Waals surface area contributed by atoms with Gasteiger partial charge in [0.25, 0.3) is 0 Å². The van der Waals surface area contributed by atoms with Gasteiger partial charge in [0, 0.05) is 43.3 Å². The second-order valence-electron chi connectivity index (χ2n) is 5.13. The molecule has 1 fully saturated rings. The molecule has 6 nitrogen and oxygen atoms in total. The van der Waals surface area contributed by atoms with E-state index in [2.05, 4.69) is 0 Å². The van der Waals surface area contributed by atoms with E-state index in [4.69, 9.17) is 14.9 Å². The monoisotopic (exact) mass is 345 g/mol. The summed E-state index contributed by atoms with van der Waals surface area (Å²) in [5.74, 6) is -7.98. The fourth-order valence-electron chi connectivity index (χ4n) is 2.39. The SMILES string of the molecule is O=C(O)C(=CN(c1cc(F)c(F)c(F)c1)C1CCOCC1)C(=O)O. The second kappa shape index (κ2) is 7.35. The minimum Gasteiger partial charge on any atom is -0.477 e. The molecule has 9 heteroatoms. The first kappa shape index (κ1) is 17.8. The standard InChI is InChI=1S/C15H14F3NO5/c16-11-5-9(6-12(17)13(11)18)19(8-1-3-24-4-2-8)7-10(14(20)21)15(22)23/h5-8H,1-4H2,(H,20,21)(H,22,23). The van der Waals surface area contributed by atoms with Crippen LogP contribution in [0.4, 0.5) is 18.9 Å². The molecule has 1 aromatic rings. The first-order valence-corrected chi connectivity index (χ1v) is 7.00. The molecule has 1 heterocycles. The van der Waals surface area contributed by atoms with Gasteiger partial charge in [-0.2, -0.15) is 0 Å². The maximum Gasteiger partial charge on any atom is 0.344 e. The first-order chi connectivity index (χ1) is 11.3. The van der Waals surface area contributed by atoms with Crippen LogP contribution in [0.2, 0.25) is 0 Å². The van der Waals surface area contributed by atoms with Crippen LogP contribution in [0.25, 0.3) is 0 Å². The highest BCUT2D eigenvalue weighted by atomic mass is 19.2. The summed E-state index contributed by atoms with van der Waals surface area (Å²) >= 11 is 0. The highest BCUT2D eigenvalue weighted by Crippen LogP contribution is 2.27. The van der Waals surface area contributed by atoms with E-state index in [1.54, 1.807) is 0 Å². The summed E-state index contributed by atoms with van der Waals surface area (Å²) < 4.78 is 45.3. The number of hydrogen-bond donors (Lipinski definition) is 2. The minimum atomic E-state index is -1.71. The molecule has 0 aromatic heterocycles. The number of halogens is 3. The van der Waals surface area contributed by atoms with Gasteiger partial charge in [-0.1, -0.05) is 0 Å². The molecule has 2 N–H and O–H groups in total. The molecule has 130 valence electrons. The smallest absolute Gasteiger partial charge is 0.344 e. The number of carboxylic acid groups (broad SMARTS) is 2. The Hall–Kier alpha value is -2.55. The number of aliphatic carboxylic acids is 2. The molecule has 2 rings (SSSR count). The van der Waals surface area contributed by atoms with Gasteiger partial charge in [0.05, 0.1) is 0 Å². The van der Waals surface area contributed by atoms with E-state index in [1.807, 2.05) is 0 Å². The van der Waals surface area contributed by atoms with E-state index in [9.17, 15) is 22.8 Å². The zero-order valence-electron chi connectivity index (χ0n) is 12.3. The van der Waals surface area contributed by atoms with E-state index >= 15 is 0 Å². The van der Waals surface area contributed by atoms with Crippen LogP contribution < -0.4 is 4.90 Å². The van der Waals surface area contributed by atoms with Gasteiger partial charge in [-0.3, -0.25) is 0 Å². The lowest BCUT2D eigenvalue weighted by Crippen LogP contribution is -2.37. The number of rotatable bonds is 5. The average Bonchev–Trinajstić information content (AvgIpc) is 2.53. The van der Waals surface area contributed by atoms with Crippen LogP contribution in [0.15, 0.2) is 23.9 Å². The Kier molecular flexibility index (Phi) is 5.45. The lowest BCUT2D eigenvalue weighted by Gasteiger charge is -2.33. The summed E-state index contributed by atoms with van der Waals surface area (Å²) in [6.07, 6.45) is 1.54. The zero-order valence-corrected chi connectivity index (χ0v) is 12.3. The molecule has 1 aromatic carbocycles. The van der Waals surface area contributed by atoms with Gasteiger partial charge in [-0.25, -0.2) is 22.8 Å². The van der Waals surface area contributed by atoms with E-state index in [0.29, 0.717) is 38.2 Å². The highest BCUT2D eigenvalue weighted by molar-refractivity contribution is 6.12. The normalized spacial score (nSPS) is 15.0. The van der Waals surface area contributed by atoms with Crippen molar-refractivity contribution in [3.05, 3.63) is 41.4 Å². The number of benzene rings is 1. The molecule has 1 aliphatic heterocycles. The number of nitrogens with zero attached hydrogens (tertiary/aromatic N) is 1. The molecule has 1 saturated heterocycles. The predicted octanol–water partition coefficient (Wildman–Crippen LogP) is 2.14. The molecule has 24 heavy (non-hydrogen) atoms. The van der Waals surface area contributed by atoms with Crippen LogP contribution in [0.5, 0.6) is 0 Å². The van der Waals surface area contributed by atoms with Gasteiger partial charge >= 0.3 is 11.9 Å². The molecule has 0 radical (unpaired) electrons. The van der Waals surface area contributed by atoms with Crippen molar-refractivity contribution < 1.29 is 37.7 Å². The summed E-state index contributed by atoms with van der Waals surface area (Å²) in [5, 5.41) is 18.0. The Morgan fingerprint density at radius 3 is 2.04 bits per heavy atom. The average molecular weight is 345 g/mol. The quantitative estimate of drug-likeness (QED) is 0.368. The van der Waals surface area contributed by atoms with Crippen molar-refractivity contribution in [2.45, 2.75) is 18.9 Å². The van der Waals surface area contributed by atoms with Crippen molar-refractivity contribution >= 4 is 17.6 Å². The van der Waals surface area contributed by atoms with Crippen molar-refractivity contribution in [3.8, 4) is 0 Å². The zero-order chi connectivity index (χ0) is 17.9. The summed E-state index contributed by atoms with van der Waals surface area (Å²) in [5.41, 5.74) is -1.16. The van der Waals surface area contributed by atoms with E-state index in [0.717, 1.165) is 11.1 Å². The van der Waals surface area contributed by atoms with Crippen molar-refractivity contribution in [1.29, 1.82) is 0 Å². The molecule has 0 unspecified atom stereocenters. The summed E-state index contributed by atoms with van der Waals surface area (Å²) in [6, 6.07) is 0.925. The Morgan fingerprint density at radius 2 is 1.58 bits per heavy atom. The van der Waals surface area contributed by atoms with Gasteiger partial charge in [0.2, 0.25) is 0 Å². The summed E-state index contributed by atoms with van der Waals surface area (Å²) in [6.45, 7) is 0.632. The van der Waals surface area contributed by atoms with Crippen LogP contribution in [0.3, 0.4) is 0 Å². The molecule has 0 spiro atoms. The van der Waals surface area contributed by atoms with Crippen LogP contribution in [-0.4, -0.2) is 41.4 Å². The molecule has 0 amide bonds. The molecule has 0 atom stereocenters. The van der Waals surface area contributed by atoms with E-state index in [-0.39, 0.29) is 5.69 Å². The maximum atomic E-state index is 13.5. The Labute approximate surface area is 134 Å². The van der Waals surface area contributed by atoms with Gasteiger partial charge in [0.1, 0.15) is 0 Å². The van der Waals surface area contributed by atoms with Gasteiger partial charge in [-0.15, -0.1) is 0 Å². The van der Waals surface area contributed by atoms with Gasteiger partial charge in [0.15, 0.2) is 23.0 Å². The van der Waals surface area contributed by atoms with E-state index in [1.165, 1.54) is 0 Å². The molecular weight excluding hydrogens is 331 g/mol. The van der Waals surface area contributed by atoms with Crippen LogP contribution in [0, 0.1) is 17.5 Å². The summed E-state index contributed by atoms with van der Waals surface area (Å²) in [4.78, 5) is 23.3. The lowest BCUT2D eigenvalue weighted by molar-refractivity contribution is -0.140. The van der Waals surface area contributed by atoms with Gasteiger partial charge in [-0.05, 0) is 12.8 Å². The van der Waals surface area contributed by atoms with Crippen molar-refractivity contribution in [2.24, 2.45) is 0 Å². The molecule has 0 saturated carbocycles. The van der Waals surface area contributed by atoms with Gasteiger partial charge < -0.3 is 19.8 Å². The van der Waals surface area contributed by atoms with Crippen molar-refractivity contribution in [1.82, 2.24) is 0 Å². The summed E-state index contributed by atoms with van der Waals surface area (Å²) in [7, 11) is 0. The topological polar surface area (TPSA) is 87.1 Å². The molecule has 1 aliphatic rings. The Morgan fingerprint density at radius 1 is 1.08 bits per heavy atom. The number of anilines is 1. The number of carboxylic acids is 2. The van der Waals surface area contributed by atoms with Crippen molar-refractivity contribution in [3.63, 3.8) is 0 Å². The number of carbonyl (C=O) groups is 2. The molecular formula is C15H14F3NO5. The third-order valence-electron chi connectivity index (χ3n) is 3.58. The van der Waals surface area contributed by atoms with Crippen molar-refractivity contribution in [2.75, 3.05) is 18.1 Å². The lowest BCUT2D eigenvalue weighted by atomic mass is 10.1. The third kappa shape index (κ3) is 3.85. The van der Waals surface area contributed by atoms with Crippen LogP contribution in [-0.2, 0) is 14.3 Å². The minimum absolute atomic E-state index is 0.182. The third-order valence-corrected chi connectivity index (χ3v) is 3.58. The first-order valence-electron chi connectivity index (χ1n) is 7.00. The van der Waals surface area contributed by atoms with Crippen LogP contribution in [0.1, 0.15) is 12.8 Å². The predicted molar refractivity (Wildman–Crippen MR) is 76.0 cm³/mol. The Balaban J connectivity index is 2.52. The fraction of sp³-hybridized carbons (Fsp3) is 0.333. The molecule has 0 aliphatic carbocycles. The van der Waals surface area contributed by atoms with E-state index < -0.39 is 41.0 Å². The maximum absolute atomic E-state index is 13.5. The number of ether oxygens (including phenoxy) is 1. The highest BCUT2D eigenvalue weighted by Gasteiger charge is 2.26. The Bertz CT molecular complexity index is 647. The largest absolute Gasteiger partial charge is 0.477 e.